The van der Waals surface area contributed by atoms with Crippen LogP contribution in [0, 0.1) is 0 Å². The highest BCUT2D eigenvalue weighted by molar-refractivity contribution is 5.93. The van der Waals surface area contributed by atoms with E-state index in [0.717, 1.165) is 44.3 Å². The fraction of sp³-hybridized carbons (Fsp3) is 0.833. The first-order valence-corrected chi connectivity index (χ1v) is 8.95. The molecule has 2 aliphatic carbocycles. The minimum absolute atomic E-state index is 0.177. The molecule has 4 nitrogen and oxygen atoms in total. The molecule has 124 valence electrons. The molecule has 1 amide bonds. The Kier molecular flexibility index (Phi) is 5.19. The number of hydrogen-bond donors (Lipinski definition) is 1. The van der Waals surface area contributed by atoms with E-state index in [9.17, 15) is 4.79 Å². The summed E-state index contributed by atoms with van der Waals surface area (Å²) in [6, 6.07) is 0.825. The molecule has 2 saturated carbocycles. The number of allylic oxidation sites excluding steroid dienone is 1. The van der Waals surface area contributed by atoms with Gasteiger partial charge in [0.1, 0.15) is 0 Å². The van der Waals surface area contributed by atoms with E-state index in [-0.39, 0.29) is 5.91 Å². The van der Waals surface area contributed by atoms with Crippen LogP contribution in [0.5, 0.6) is 0 Å². The lowest BCUT2D eigenvalue weighted by atomic mass is 10.1. The topological polar surface area (TPSA) is 41.6 Å². The second-order valence-corrected chi connectivity index (χ2v) is 7.16. The van der Waals surface area contributed by atoms with Gasteiger partial charge in [0.15, 0.2) is 0 Å². The van der Waals surface area contributed by atoms with E-state index in [1.165, 1.54) is 31.3 Å². The number of nitrogens with zero attached hydrogens (tertiary/aromatic N) is 1. The zero-order valence-corrected chi connectivity index (χ0v) is 14.1. The maximum absolute atomic E-state index is 12.6. The van der Waals surface area contributed by atoms with Crippen molar-refractivity contribution < 1.29 is 9.53 Å². The molecule has 0 bridgehead atoms. The third-order valence-corrected chi connectivity index (χ3v) is 5.85. The number of hydrogen-bond acceptors (Lipinski definition) is 3. The van der Waals surface area contributed by atoms with Gasteiger partial charge >= 0.3 is 0 Å². The minimum Gasteiger partial charge on any atom is -0.380 e. The molecule has 3 rings (SSSR count). The van der Waals surface area contributed by atoms with Gasteiger partial charge in [-0.25, -0.2) is 0 Å². The van der Waals surface area contributed by atoms with Crippen LogP contribution < -0.4 is 5.32 Å². The summed E-state index contributed by atoms with van der Waals surface area (Å²) in [6.45, 7) is 4.14. The van der Waals surface area contributed by atoms with E-state index in [1.807, 2.05) is 6.92 Å². The Morgan fingerprint density at radius 3 is 2.64 bits per heavy atom. The molecule has 1 N–H and O–H groups in total. The predicted molar refractivity (Wildman–Crippen MR) is 87.7 cm³/mol. The molecule has 0 aromatic heterocycles. The van der Waals surface area contributed by atoms with Crippen LogP contribution in [0.15, 0.2) is 11.1 Å². The van der Waals surface area contributed by atoms with Gasteiger partial charge in [0.2, 0.25) is 5.91 Å². The monoisotopic (exact) mass is 306 g/mol. The average Bonchev–Trinajstić information content (AvgIpc) is 3.26. The van der Waals surface area contributed by atoms with Crippen LogP contribution in [0.3, 0.4) is 0 Å². The summed E-state index contributed by atoms with van der Waals surface area (Å²) < 4.78 is 5.49. The van der Waals surface area contributed by atoms with Crippen molar-refractivity contribution >= 4 is 5.91 Å². The van der Waals surface area contributed by atoms with E-state index in [2.05, 4.69) is 10.2 Å². The molecule has 1 unspecified atom stereocenters. The predicted octanol–water partition coefficient (Wildman–Crippen LogP) is 2.63. The van der Waals surface area contributed by atoms with Crippen LogP contribution in [0.4, 0.5) is 0 Å². The lowest BCUT2D eigenvalue weighted by Crippen LogP contribution is -2.48. The van der Waals surface area contributed by atoms with E-state index in [1.54, 1.807) is 7.11 Å². The van der Waals surface area contributed by atoms with Crippen molar-refractivity contribution in [2.75, 3.05) is 20.2 Å². The number of methoxy groups -OCH3 is 1. The first-order chi connectivity index (χ1) is 10.7. The van der Waals surface area contributed by atoms with Gasteiger partial charge in [0.25, 0.3) is 0 Å². The van der Waals surface area contributed by atoms with E-state index in [4.69, 9.17) is 4.74 Å². The average molecular weight is 306 g/mol. The minimum atomic E-state index is 0.177. The third-order valence-electron chi connectivity index (χ3n) is 5.85. The first-order valence-electron chi connectivity index (χ1n) is 8.95. The van der Waals surface area contributed by atoms with Crippen molar-refractivity contribution in [3.8, 4) is 0 Å². The largest absolute Gasteiger partial charge is 0.380 e. The second-order valence-electron chi connectivity index (χ2n) is 7.16. The van der Waals surface area contributed by atoms with Crippen LogP contribution >= 0.6 is 0 Å². The maximum Gasteiger partial charge on any atom is 0.247 e. The van der Waals surface area contributed by atoms with Crippen molar-refractivity contribution in [1.29, 1.82) is 0 Å². The number of carbonyl (C=O) groups is 1. The zero-order valence-electron chi connectivity index (χ0n) is 14.1. The number of carbonyl (C=O) groups excluding carboxylic acids is 1. The Hall–Kier alpha value is -0.870. The van der Waals surface area contributed by atoms with E-state index in [0.29, 0.717) is 18.2 Å². The standard InChI is InChI=1S/C18H30N2O2/c1-13(14-6-3-4-7-14)18(21)19-16-8-5-9-17(16)20-11-10-15(12-20)22-2/h15-17H,3-12H2,1-2H3,(H,19,21)/t15?,16-,17+/m1/s1. The molecular formula is C18H30N2O2. The zero-order chi connectivity index (χ0) is 15.5. The van der Waals surface area contributed by atoms with E-state index >= 15 is 0 Å². The smallest absolute Gasteiger partial charge is 0.247 e. The number of rotatable bonds is 4. The van der Waals surface area contributed by atoms with Gasteiger partial charge in [0.05, 0.1) is 6.10 Å². The molecular weight excluding hydrogens is 276 g/mol. The van der Waals surface area contributed by atoms with Gasteiger partial charge in [-0.05, 0) is 58.3 Å². The lowest BCUT2D eigenvalue weighted by Gasteiger charge is -2.30. The molecule has 1 aliphatic heterocycles. The molecule has 3 atom stereocenters. The number of amides is 1. The van der Waals surface area contributed by atoms with Crippen molar-refractivity contribution in [1.82, 2.24) is 10.2 Å². The fourth-order valence-corrected chi connectivity index (χ4v) is 4.41. The van der Waals surface area contributed by atoms with Crippen LogP contribution in [0.2, 0.25) is 0 Å². The summed E-state index contributed by atoms with van der Waals surface area (Å²) in [7, 11) is 1.80. The number of likely N-dealkylation sites (tertiary alicyclic amines) is 1. The molecule has 22 heavy (non-hydrogen) atoms. The van der Waals surface area contributed by atoms with Gasteiger partial charge in [-0.3, -0.25) is 9.69 Å². The van der Waals surface area contributed by atoms with Gasteiger partial charge in [-0.15, -0.1) is 0 Å². The van der Waals surface area contributed by atoms with Gasteiger partial charge in [0, 0.05) is 37.9 Å². The Morgan fingerprint density at radius 1 is 1.18 bits per heavy atom. The fourth-order valence-electron chi connectivity index (χ4n) is 4.41. The highest BCUT2D eigenvalue weighted by Crippen LogP contribution is 2.30. The Bertz CT molecular complexity index is 438. The normalized spacial score (nSPS) is 32.6. The summed E-state index contributed by atoms with van der Waals surface area (Å²) >= 11 is 0. The summed E-state index contributed by atoms with van der Waals surface area (Å²) in [5, 5.41) is 3.34. The van der Waals surface area contributed by atoms with Crippen LogP contribution in [-0.4, -0.2) is 49.2 Å². The molecule has 0 spiro atoms. The third kappa shape index (κ3) is 3.38. The van der Waals surface area contributed by atoms with Gasteiger partial charge < -0.3 is 10.1 Å². The van der Waals surface area contributed by atoms with Gasteiger partial charge in [-0.1, -0.05) is 5.57 Å². The van der Waals surface area contributed by atoms with Gasteiger partial charge in [-0.2, -0.15) is 0 Å². The maximum atomic E-state index is 12.6. The Morgan fingerprint density at radius 2 is 1.95 bits per heavy atom. The SMILES string of the molecule is COC1CCN([C@H]2CCC[C@H]2NC(=O)C(C)=C2CCCC2)C1. The number of ether oxygens (including phenoxy) is 1. The highest BCUT2D eigenvalue weighted by Gasteiger charge is 2.37. The first kappa shape index (κ1) is 16.0. The van der Waals surface area contributed by atoms with Crippen molar-refractivity contribution in [3.05, 3.63) is 11.1 Å². The lowest BCUT2D eigenvalue weighted by molar-refractivity contribution is -0.118. The molecule has 0 radical (unpaired) electrons. The molecule has 1 saturated heterocycles. The van der Waals surface area contributed by atoms with E-state index < -0.39 is 0 Å². The highest BCUT2D eigenvalue weighted by atomic mass is 16.5. The summed E-state index contributed by atoms with van der Waals surface area (Å²) in [6.07, 6.45) is 9.78. The summed E-state index contributed by atoms with van der Waals surface area (Å²) in [5.74, 6) is 0.177. The summed E-state index contributed by atoms with van der Waals surface area (Å²) in [4.78, 5) is 15.1. The van der Waals surface area contributed by atoms with Crippen molar-refractivity contribution in [2.24, 2.45) is 0 Å². The Balaban J connectivity index is 1.59. The number of nitrogens with one attached hydrogen (secondary N) is 1. The quantitative estimate of drug-likeness (QED) is 0.812. The summed E-state index contributed by atoms with van der Waals surface area (Å²) in [5.41, 5.74) is 2.37. The van der Waals surface area contributed by atoms with Crippen LogP contribution in [-0.2, 0) is 9.53 Å². The van der Waals surface area contributed by atoms with Crippen LogP contribution in [0.25, 0.3) is 0 Å². The molecule has 1 heterocycles. The second kappa shape index (κ2) is 7.14. The molecule has 3 aliphatic rings. The molecule has 0 aromatic carbocycles. The van der Waals surface area contributed by atoms with Crippen LogP contribution in [0.1, 0.15) is 58.3 Å². The molecule has 3 fully saturated rings. The Labute approximate surface area is 134 Å². The molecule has 4 heteroatoms. The molecule has 0 aromatic rings. The van der Waals surface area contributed by atoms with Crippen molar-refractivity contribution in [2.45, 2.75) is 76.5 Å². The van der Waals surface area contributed by atoms with Crippen molar-refractivity contribution in [3.63, 3.8) is 0 Å².